The third kappa shape index (κ3) is 4.78. The van der Waals surface area contributed by atoms with Crippen molar-refractivity contribution in [1.29, 1.82) is 0 Å². The predicted octanol–water partition coefficient (Wildman–Crippen LogP) is 6.93. The monoisotopic (exact) mass is 496 g/mol. The third-order valence-electron chi connectivity index (χ3n) is 6.12. The van der Waals surface area contributed by atoms with Crippen molar-refractivity contribution in [2.75, 3.05) is 5.32 Å². The Labute approximate surface area is 206 Å². The molecule has 36 heavy (non-hydrogen) atoms. The molecule has 0 saturated heterocycles. The number of phenolic OH excluding ortho intramolecular Hbond substituents is 1. The number of halogens is 3. The molecule has 9 heteroatoms. The average Bonchev–Trinajstić information content (AvgIpc) is 3.23. The number of rotatable bonds is 5. The number of hydrogen-bond acceptors (Lipinski definition) is 4. The van der Waals surface area contributed by atoms with Crippen LogP contribution in [-0.2, 0) is 6.18 Å². The molecular weight excluding hydrogens is 469 g/mol. The molecule has 0 fully saturated rings. The second-order valence-electron chi connectivity index (χ2n) is 9.43. The minimum absolute atomic E-state index is 0.00103. The van der Waals surface area contributed by atoms with E-state index >= 15 is 0 Å². The van der Waals surface area contributed by atoms with Crippen molar-refractivity contribution in [3.05, 3.63) is 76.6 Å². The summed E-state index contributed by atoms with van der Waals surface area (Å²) < 4.78 is 42.5. The van der Waals surface area contributed by atoms with E-state index < -0.39 is 17.8 Å². The van der Waals surface area contributed by atoms with Crippen LogP contribution in [0, 0.1) is 6.92 Å². The fourth-order valence-corrected chi connectivity index (χ4v) is 4.01. The molecule has 0 atom stereocenters. The van der Waals surface area contributed by atoms with Crippen LogP contribution in [0.3, 0.4) is 0 Å². The van der Waals surface area contributed by atoms with E-state index in [9.17, 15) is 23.1 Å². The molecule has 2 aromatic heterocycles. The van der Waals surface area contributed by atoms with Gasteiger partial charge in [0.15, 0.2) is 11.3 Å². The predicted molar refractivity (Wildman–Crippen MR) is 132 cm³/mol. The van der Waals surface area contributed by atoms with Crippen LogP contribution in [0.15, 0.2) is 48.7 Å². The van der Waals surface area contributed by atoms with Crippen LogP contribution < -0.4 is 5.32 Å². The van der Waals surface area contributed by atoms with E-state index in [-0.39, 0.29) is 34.5 Å². The van der Waals surface area contributed by atoms with Crippen LogP contribution in [-0.4, -0.2) is 25.6 Å². The zero-order valence-electron chi connectivity index (χ0n) is 20.6. The molecule has 0 spiro atoms. The highest BCUT2D eigenvalue weighted by atomic mass is 19.4. The summed E-state index contributed by atoms with van der Waals surface area (Å²) in [6.07, 6.45) is -3.63. The van der Waals surface area contributed by atoms with E-state index in [0.717, 1.165) is 17.8 Å². The molecule has 2 N–H and O–H groups in total. The maximum absolute atomic E-state index is 13.9. The first-order chi connectivity index (χ1) is 16.9. The second-order valence-corrected chi connectivity index (χ2v) is 9.43. The van der Waals surface area contributed by atoms with Gasteiger partial charge in [0.25, 0.3) is 5.91 Å². The minimum Gasteiger partial charge on any atom is -0.508 e. The number of phenols is 1. The number of amides is 1. The van der Waals surface area contributed by atoms with Gasteiger partial charge in [0, 0.05) is 11.3 Å². The molecule has 0 aliphatic carbocycles. The number of alkyl halides is 3. The fourth-order valence-electron chi connectivity index (χ4n) is 4.01. The molecule has 0 saturated carbocycles. The Bertz CT molecular complexity index is 1440. The SMILES string of the molecule is Cc1cc(O)c(C(C)C)cc1NC(=O)c1cnn2c(C(F)(F)F)cc(-c3ccc(C(C)C)cc3)nc12. The summed E-state index contributed by atoms with van der Waals surface area (Å²) in [7, 11) is 0. The number of nitrogens with zero attached hydrogens (tertiary/aromatic N) is 3. The zero-order chi connectivity index (χ0) is 26.4. The Kier molecular flexibility index (Phi) is 6.51. The van der Waals surface area contributed by atoms with Gasteiger partial charge in [-0.05, 0) is 53.6 Å². The molecular formula is C27H27F3N4O2. The minimum atomic E-state index is -4.71. The van der Waals surface area contributed by atoms with Gasteiger partial charge in [-0.1, -0.05) is 52.0 Å². The van der Waals surface area contributed by atoms with Gasteiger partial charge in [-0.3, -0.25) is 4.79 Å². The molecule has 1 amide bonds. The van der Waals surface area contributed by atoms with Crippen molar-refractivity contribution in [2.45, 2.75) is 52.6 Å². The van der Waals surface area contributed by atoms with Crippen LogP contribution >= 0.6 is 0 Å². The van der Waals surface area contributed by atoms with Crippen molar-refractivity contribution < 1.29 is 23.1 Å². The lowest BCUT2D eigenvalue weighted by Gasteiger charge is -2.15. The smallest absolute Gasteiger partial charge is 0.433 e. The molecule has 188 valence electrons. The molecule has 6 nitrogen and oxygen atoms in total. The Balaban J connectivity index is 1.81. The largest absolute Gasteiger partial charge is 0.508 e. The van der Waals surface area contributed by atoms with Crippen LogP contribution in [0.5, 0.6) is 5.75 Å². The number of anilines is 1. The zero-order valence-corrected chi connectivity index (χ0v) is 20.6. The number of aromatic nitrogens is 3. The maximum atomic E-state index is 13.9. The van der Waals surface area contributed by atoms with Crippen LogP contribution in [0.2, 0.25) is 0 Å². The molecule has 2 heterocycles. The maximum Gasteiger partial charge on any atom is 0.433 e. The van der Waals surface area contributed by atoms with Crippen LogP contribution in [0.25, 0.3) is 16.9 Å². The third-order valence-corrected chi connectivity index (χ3v) is 6.12. The number of benzene rings is 2. The lowest BCUT2D eigenvalue weighted by molar-refractivity contribution is -0.142. The first-order valence-electron chi connectivity index (χ1n) is 11.6. The summed E-state index contributed by atoms with van der Waals surface area (Å²) in [5.41, 5.74) is 1.99. The van der Waals surface area contributed by atoms with Gasteiger partial charge in [0.05, 0.1) is 11.9 Å². The summed E-state index contributed by atoms with van der Waals surface area (Å²) in [5, 5.41) is 16.8. The quantitative estimate of drug-likeness (QED) is 0.294. The number of fused-ring (bicyclic) bond motifs is 1. The summed E-state index contributed by atoms with van der Waals surface area (Å²) in [5.74, 6) is -0.272. The lowest BCUT2D eigenvalue weighted by Crippen LogP contribution is -2.16. The van der Waals surface area contributed by atoms with Crippen molar-refractivity contribution in [3.8, 4) is 17.0 Å². The number of carbonyl (C=O) groups excluding carboxylic acids is 1. The lowest BCUT2D eigenvalue weighted by atomic mass is 9.99. The van der Waals surface area contributed by atoms with E-state index in [0.29, 0.717) is 26.9 Å². The molecule has 0 radical (unpaired) electrons. The molecule has 0 unspecified atom stereocenters. The van der Waals surface area contributed by atoms with Crippen molar-refractivity contribution in [1.82, 2.24) is 14.6 Å². The van der Waals surface area contributed by atoms with Crippen LogP contribution in [0.1, 0.15) is 72.3 Å². The molecule has 4 aromatic rings. The number of nitrogens with one attached hydrogen (secondary N) is 1. The van der Waals surface area contributed by atoms with E-state index in [4.69, 9.17) is 0 Å². The Morgan fingerprint density at radius 2 is 1.69 bits per heavy atom. The molecule has 0 aliphatic rings. The molecule has 0 bridgehead atoms. The fraction of sp³-hybridized carbons (Fsp3) is 0.296. The van der Waals surface area contributed by atoms with Crippen molar-refractivity contribution in [3.63, 3.8) is 0 Å². The molecule has 2 aromatic carbocycles. The summed E-state index contributed by atoms with van der Waals surface area (Å²) in [6, 6.07) is 11.3. The highest BCUT2D eigenvalue weighted by molar-refractivity contribution is 6.08. The number of aromatic hydroxyl groups is 1. The summed E-state index contributed by atoms with van der Waals surface area (Å²) >= 11 is 0. The van der Waals surface area contributed by atoms with E-state index in [2.05, 4.69) is 15.4 Å². The topological polar surface area (TPSA) is 79.5 Å². The molecule has 4 rings (SSSR count). The normalized spacial score (nSPS) is 12.1. The van der Waals surface area contributed by atoms with Crippen molar-refractivity contribution >= 4 is 17.2 Å². The van der Waals surface area contributed by atoms with Crippen LogP contribution in [0.4, 0.5) is 18.9 Å². The van der Waals surface area contributed by atoms with Gasteiger partial charge in [-0.15, -0.1) is 0 Å². The van der Waals surface area contributed by atoms with Crippen molar-refractivity contribution in [2.24, 2.45) is 0 Å². The Hall–Kier alpha value is -3.88. The number of hydrogen-bond donors (Lipinski definition) is 2. The highest BCUT2D eigenvalue weighted by Gasteiger charge is 2.36. The van der Waals surface area contributed by atoms with E-state index in [1.807, 2.05) is 39.8 Å². The first-order valence-corrected chi connectivity index (χ1v) is 11.6. The van der Waals surface area contributed by atoms with Gasteiger partial charge >= 0.3 is 6.18 Å². The van der Waals surface area contributed by atoms with Gasteiger partial charge in [0.1, 0.15) is 11.3 Å². The molecule has 0 aliphatic heterocycles. The summed E-state index contributed by atoms with van der Waals surface area (Å²) in [4.78, 5) is 17.6. The second kappa shape index (κ2) is 9.29. The standard InChI is InChI=1S/C27H27F3N4O2/c1-14(2)17-6-8-18(9-7-17)22-12-24(27(28,29)30)34-25(32-22)20(13-31-34)26(36)33-21-11-19(15(3)4)23(35)10-16(21)5/h6-15,35H,1-5H3,(H,33,36). The number of carbonyl (C=O) groups is 1. The van der Waals surface area contributed by atoms with Gasteiger partial charge < -0.3 is 10.4 Å². The van der Waals surface area contributed by atoms with E-state index in [1.165, 1.54) is 0 Å². The Morgan fingerprint density at radius 1 is 1.03 bits per heavy atom. The summed E-state index contributed by atoms with van der Waals surface area (Å²) in [6.45, 7) is 9.57. The van der Waals surface area contributed by atoms with Gasteiger partial charge in [-0.25, -0.2) is 9.50 Å². The number of aryl methyl sites for hydroxylation is 1. The van der Waals surface area contributed by atoms with Gasteiger partial charge in [0.2, 0.25) is 0 Å². The first kappa shape index (κ1) is 25.2. The Morgan fingerprint density at radius 3 is 2.28 bits per heavy atom. The van der Waals surface area contributed by atoms with Gasteiger partial charge in [-0.2, -0.15) is 18.3 Å². The average molecular weight is 497 g/mol. The highest BCUT2D eigenvalue weighted by Crippen LogP contribution is 2.34. The van der Waals surface area contributed by atoms with E-state index in [1.54, 1.807) is 31.2 Å².